The number of amides is 3. The molecular weight excluding hydrogens is 514 g/mol. The summed E-state index contributed by atoms with van der Waals surface area (Å²) in [6.07, 6.45) is 8.05. The van der Waals surface area contributed by atoms with Crippen LogP contribution in [-0.4, -0.2) is 86.0 Å². The second-order valence-corrected chi connectivity index (χ2v) is 13.9. The molecule has 0 saturated carbocycles. The van der Waals surface area contributed by atoms with E-state index in [2.05, 4.69) is 6.08 Å². The Bertz CT molecular complexity index is 1220. The summed E-state index contributed by atoms with van der Waals surface area (Å²) in [5, 5.41) is 10.1. The van der Waals surface area contributed by atoms with E-state index >= 15 is 0 Å². The van der Waals surface area contributed by atoms with Gasteiger partial charge in [-0.05, 0) is 65.8 Å². The van der Waals surface area contributed by atoms with Crippen molar-refractivity contribution in [1.29, 1.82) is 0 Å². The van der Waals surface area contributed by atoms with Crippen molar-refractivity contribution in [2.75, 3.05) is 31.2 Å². The van der Waals surface area contributed by atoms with Gasteiger partial charge in [0.2, 0.25) is 17.7 Å². The van der Waals surface area contributed by atoms with E-state index in [4.69, 9.17) is 4.74 Å². The molecule has 1 aromatic carbocycles. The smallest absolute Gasteiger partial charge is 0.247 e. The topological polar surface area (TPSA) is 90.4 Å². The number of carbonyl (C=O) groups excluding carboxylic acids is 3. The average molecular weight is 554 g/mol. The predicted molar refractivity (Wildman–Crippen MR) is 153 cm³/mol. The van der Waals surface area contributed by atoms with Crippen LogP contribution in [0.1, 0.15) is 41.5 Å². The molecule has 3 amide bonds. The molecule has 1 unspecified atom stereocenters. The van der Waals surface area contributed by atoms with Gasteiger partial charge >= 0.3 is 0 Å². The van der Waals surface area contributed by atoms with Crippen molar-refractivity contribution >= 4 is 35.2 Å². The number of carbonyl (C=O) groups is 3. The van der Waals surface area contributed by atoms with E-state index in [0.29, 0.717) is 19.7 Å². The first-order valence-electron chi connectivity index (χ1n) is 13.7. The molecular formula is C30H39N3O5S. The normalized spacial score (nSPS) is 33.1. The quantitative estimate of drug-likeness (QED) is 0.563. The highest BCUT2D eigenvalue weighted by Gasteiger charge is 2.74. The highest BCUT2D eigenvalue weighted by Crippen LogP contribution is 2.66. The van der Waals surface area contributed by atoms with Crippen LogP contribution in [0.15, 0.2) is 48.6 Å². The fourth-order valence-corrected chi connectivity index (χ4v) is 8.89. The summed E-state index contributed by atoms with van der Waals surface area (Å²) < 4.78 is 3.96. The van der Waals surface area contributed by atoms with Gasteiger partial charge in [0.1, 0.15) is 11.8 Å². The number of hydrogen-bond acceptors (Lipinski definition) is 6. The molecule has 2 saturated heterocycles. The van der Waals surface area contributed by atoms with E-state index in [1.165, 1.54) is 0 Å². The lowest BCUT2D eigenvalue weighted by Crippen LogP contribution is -2.59. The van der Waals surface area contributed by atoms with Crippen LogP contribution in [0.2, 0.25) is 0 Å². The number of nitrogens with zero attached hydrogens (tertiary/aromatic N) is 3. The number of benzene rings is 1. The van der Waals surface area contributed by atoms with Crippen LogP contribution in [-0.2, 0) is 14.4 Å². The van der Waals surface area contributed by atoms with E-state index in [1.54, 1.807) is 33.4 Å². The molecule has 0 radical (unpaired) electrons. The maximum Gasteiger partial charge on any atom is 0.247 e. The molecule has 39 heavy (non-hydrogen) atoms. The zero-order valence-corrected chi connectivity index (χ0v) is 24.4. The first kappa shape index (κ1) is 27.8. The standard InChI is InChI=1S/C30H39N3O5S/c1-7-38-21-12-10-20(11-13-21)31-16-8-14-29(6)22(25(31)35)23-26(36)33(19(2)18-34)24-27(37)32(28(3,4)5)17-9-15-30(23,24)39-29/h8-15,19,22-24,34H,7,16-18H2,1-6H3/t19-,22-,23+,24?,29+,30+/m1/s1. The fraction of sp³-hybridized carbons (Fsp3) is 0.567. The molecule has 6 atom stereocenters. The maximum absolute atomic E-state index is 14.4. The Morgan fingerprint density at radius 2 is 1.69 bits per heavy atom. The van der Waals surface area contributed by atoms with Gasteiger partial charge in [0.15, 0.2) is 0 Å². The largest absolute Gasteiger partial charge is 0.494 e. The van der Waals surface area contributed by atoms with E-state index in [-0.39, 0.29) is 24.3 Å². The number of aliphatic hydroxyl groups excluding tert-OH is 1. The molecule has 2 fully saturated rings. The van der Waals surface area contributed by atoms with Crippen molar-refractivity contribution in [3.63, 3.8) is 0 Å². The van der Waals surface area contributed by atoms with E-state index in [1.807, 2.05) is 77.1 Å². The van der Waals surface area contributed by atoms with Gasteiger partial charge in [0.25, 0.3) is 0 Å². The summed E-state index contributed by atoms with van der Waals surface area (Å²) in [5.74, 6) is -1.22. The van der Waals surface area contributed by atoms with Gasteiger partial charge in [-0.2, -0.15) is 0 Å². The SMILES string of the molecule is CCOc1ccc(N2CC=C[C@]3(C)S[C@]45C=CCN(C(C)(C)C)C(=O)C4N([C@H](C)CO)C(=O)[C@@H]5[C@@H]3C2=O)cc1. The Hall–Kier alpha value is -2.78. The zero-order chi connectivity index (χ0) is 28.3. The number of fused-ring (bicyclic) bond motifs is 2. The molecule has 9 heteroatoms. The van der Waals surface area contributed by atoms with Crippen LogP contribution in [0.5, 0.6) is 5.75 Å². The minimum atomic E-state index is -0.932. The minimum absolute atomic E-state index is 0.135. The number of thioether (sulfide) groups is 1. The highest BCUT2D eigenvalue weighted by molar-refractivity contribution is 8.02. The monoisotopic (exact) mass is 553 g/mol. The van der Waals surface area contributed by atoms with Crippen molar-refractivity contribution in [2.45, 2.75) is 68.7 Å². The van der Waals surface area contributed by atoms with Crippen molar-refractivity contribution in [2.24, 2.45) is 11.8 Å². The second kappa shape index (κ2) is 9.70. The number of aliphatic hydroxyl groups is 1. The van der Waals surface area contributed by atoms with Gasteiger partial charge in [0, 0.05) is 29.1 Å². The zero-order valence-electron chi connectivity index (χ0n) is 23.6. The van der Waals surface area contributed by atoms with E-state index < -0.39 is 39.0 Å². The Morgan fingerprint density at radius 1 is 1.03 bits per heavy atom. The van der Waals surface area contributed by atoms with Crippen LogP contribution in [0.25, 0.3) is 0 Å². The first-order chi connectivity index (χ1) is 18.4. The van der Waals surface area contributed by atoms with Crippen molar-refractivity contribution in [1.82, 2.24) is 9.80 Å². The van der Waals surface area contributed by atoms with Gasteiger partial charge in [-0.25, -0.2) is 0 Å². The first-order valence-corrected chi connectivity index (χ1v) is 14.6. The van der Waals surface area contributed by atoms with Crippen LogP contribution < -0.4 is 9.64 Å². The summed E-state index contributed by atoms with van der Waals surface area (Å²) in [5.41, 5.74) is 0.275. The number of anilines is 1. The molecule has 1 N–H and O–H groups in total. The fourth-order valence-electron chi connectivity index (χ4n) is 6.75. The van der Waals surface area contributed by atoms with E-state index in [0.717, 1.165) is 11.4 Å². The molecule has 0 bridgehead atoms. The van der Waals surface area contributed by atoms with Crippen LogP contribution >= 0.6 is 11.8 Å². The van der Waals surface area contributed by atoms with Crippen molar-refractivity contribution < 1.29 is 24.2 Å². The summed E-state index contributed by atoms with van der Waals surface area (Å²) in [6, 6.07) is 6.05. The molecule has 8 nitrogen and oxygen atoms in total. The lowest BCUT2D eigenvalue weighted by atomic mass is 9.74. The summed E-state index contributed by atoms with van der Waals surface area (Å²) in [7, 11) is 0. The Balaban J connectivity index is 1.62. The number of rotatable bonds is 5. The van der Waals surface area contributed by atoms with Crippen LogP contribution in [0, 0.1) is 11.8 Å². The molecule has 0 aliphatic carbocycles. The third kappa shape index (κ3) is 4.20. The third-order valence-electron chi connectivity index (χ3n) is 8.50. The number of hydrogen-bond donors (Lipinski definition) is 1. The molecule has 0 aromatic heterocycles. The Labute approximate surface area is 235 Å². The number of likely N-dealkylation sites (tertiary alicyclic amines) is 1. The molecule has 1 aromatic rings. The number of ether oxygens (including phenoxy) is 1. The van der Waals surface area contributed by atoms with E-state index in [9.17, 15) is 19.5 Å². The molecule has 5 rings (SSSR count). The van der Waals surface area contributed by atoms with Gasteiger partial charge in [0.05, 0.1) is 35.8 Å². The van der Waals surface area contributed by atoms with Gasteiger partial charge in [-0.1, -0.05) is 24.3 Å². The molecule has 1 spiro atoms. The summed E-state index contributed by atoms with van der Waals surface area (Å²) in [4.78, 5) is 48.2. The average Bonchev–Trinajstić information content (AvgIpc) is 3.15. The lowest BCUT2D eigenvalue weighted by Gasteiger charge is -2.42. The molecule has 4 heterocycles. The van der Waals surface area contributed by atoms with Crippen molar-refractivity contribution in [3.05, 3.63) is 48.6 Å². The highest BCUT2D eigenvalue weighted by atomic mass is 32.2. The van der Waals surface area contributed by atoms with Crippen molar-refractivity contribution in [3.8, 4) is 5.75 Å². The van der Waals surface area contributed by atoms with Crippen LogP contribution in [0.4, 0.5) is 5.69 Å². The Kier molecular flexibility index (Phi) is 6.91. The molecule has 210 valence electrons. The molecule has 4 aliphatic heterocycles. The van der Waals surface area contributed by atoms with Gasteiger partial charge in [-0.3, -0.25) is 14.4 Å². The second-order valence-electron chi connectivity index (χ2n) is 12.1. The summed E-state index contributed by atoms with van der Waals surface area (Å²) >= 11 is 1.55. The van der Waals surface area contributed by atoms with Gasteiger partial charge < -0.3 is 24.5 Å². The van der Waals surface area contributed by atoms with Crippen LogP contribution in [0.3, 0.4) is 0 Å². The summed E-state index contributed by atoms with van der Waals surface area (Å²) in [6.45, 7) is 12.8. The minimum Gasteiger partial charge on any atom is -0.494 e. The Morgan fingerprint density at radius 3 is 2.31 bits per heavy atom. The molecule has 4 aliphatic rings. The predicted octanol–water partition coefficient (Wildman–Crippen LogP) is 3.25. The maximum atomic E-state index is 14.4. The third-order valence-corrected chi connectivity index (χ3v) is 10.3. The van der Waals surface area contributed by atoms with Gasteiger partial charge in [-0.15, -0.1) is 11.8 Å². The lowest BCUT2D eigenvalue weighted by molar-refractivity contribution is -0.147.